The van der Waals surface area contributed by atoms with Gasteiger partial charge in [-0.3, -0.25) is 19.3 Å². The lowest BCUT2D eigenvalue weighted by atomic mass is 9.99. The standard InChI is InChI=1S/C26H37N3O7S/c1-8-29(24(33)19(14-16-37-7)28-25(34)36-26(4,5)6)21(18-12-10-11-17(3)22(18)31)23(32)27-15-13-20(30)35-9-2/h1,10-12,19,21,31H,9,13-16H2,2-7H3,(H,27,32)(H,28,34). The molecule has 10 nitrogen and oxygen atoms in total. The molecule has 37 heavy (non-hydrogen) atoms. The molecule has 3 N–H and O–H groups in total. The summed E-state index contributed by atoms with van der Waals surface area (Å²) in [5.41, 5.74) is -0.226. The highest BCUT2D eigenvalue weighted by Crippen LogP contribution is 2.32. The molecule has 0 spiro atoms. The van der Waals surface area contributed by atoms with E-state index in [0.29, 0.717) is 11.3 Å². The van der Waals surface area contributed by atoms with Gasteiger partial charge in [-0.2, -0.15) is 11.8 Å². The first kappa shape index (κ1) is 31.6. The number of carbonyl (C=O) groups is 4. The molecule has 0 fully saturated rings. The predicted octanol–water partition coefficient (Wildman–Crippen LogP) is 2.88. The Hall–Kier alpha value is -3.39. The van der Waals surface area contributed by atoms with Gasteiger partial charge in [0.25, 0.3) is 5.91 Å². The van der Waals surface area contributed by atoms with Crippen LogP contribution < -0.4 is 10.6 Å². The first-order valence-electron chi connectivity index (χ1n) is 11.9. The molecule has 0 heterocycles. The quantitative estimate of drug-likeness (QED) is 0.211. The molecule has 0 aliphatic carbocycles. The Bertz CT molecular complexity index is 1000. The molecule has 0 saturated carbocycles. The van der Waals surface area contributed by atoms with E-state index in [0.717, 1.165) is 4.90 Å². The van der Waals surface area contributed by atoms with Crippen LogP contribution in [0.2, 0.25) is 0 Å². The number of phenolic OH excluding ortho intramolecular Hbond substituents is 1. The third-order valence-electron chi connectivity index (χ3n) is 4.98. The number of benzene rings is 1. The predicted molar refractivity (Wildman–Crippen MR) is 142 cm³/mol. The molecule has 2 unspecified atom stereocenters. The normalized spacial score (nSPS) is 12.5. The molecule has 0 aliphatic heterocycles. The monoisotopic (exact) mass is 535 g/mol. The van der Waals surface area contributed by atoms with Crippen LogP contribution >= 0.6 is 11.8 Å². The molecule has 0 bridgehead atoms. The van der Waals surface area contributed by atoms with E-state index in [9.17, 15) is 24.3 Å². The molecule has 11 heteroatoms. The fraction of sp³-hybridized carbons (Fsp3) is 0.538. The number of aryl methyl sites for hydroxylation is 1. The van der Waals surface area contributed by atoms with Crippen molar-refractivity contribution in [1.82, 2.24) is 15.5 Å². The minimum atomic E-state index is -1.43. The van der Waals surface area contributed by atoms with Gasteiger partial charge in [-0.25, -0.2) is 4.79 Å². The van der Waals surface area contributed by atoms with Gasteiger partial charge in [-0.05, 0) is 58.6 Å². The van der Waals surface area contributed by atoms with Crippen molar-refractivity contribution in [3.8, 4) is 18.2 Å². The second-order valence-corrected chi connectivity index (χ2v) is 10.1. The van der Waals surface area contributed by atoms with Crippen LogP contribution in [0.4, 0.5) is 4.79 Å². The van der Waals surface area contributed by atoms with Crippen molar-refractivity contribution < 1.29 is 33.8 Å². The van der Waals surface area contributed by atoms with Crippen LogP contribution in [0.3, 0.4) is 0 Å². The van der Waals surface area contributed by atoms with E-state index in [1.54, 1.807) is 46.8 Å². The Balaban J connectivity index is 3.35. The number of terminal acetylenes is 1. The SMILES string of the molecule is C#CN(C(=O)C(CCSC)NC(=O)OC(C)(C)C)C(C(=O)NCCC(=O)OCC)c1cccc(C)c1O. The number of amides is 3. The Kier molecular flexibility index (Phi) is 12.8. The Morgan fingerprint density at radius 2 is 1.92 bits per heavy atom. The zero-order chi connectivity index (χ0) is 28.2. The molecule has 204 valence electrons. The molecule has 1 aromatic rings. The zero-order valence-corrected chi connectivity index (χ0v) is 23.1. The van der Waals surface area contributed by atoms with Crippen molar-refractivity contribution in [3.63, 3.8) is 0 Å². The van der Waals surface area contributed by atoms with E-state index in [1.165, 1.54) is 17.8 Å². The third kappa shape index (κ3) is 10.2. The van der Waals surface area contributed by atoms with Crippen LogP contribution in [0.5, 0.6) is 5.75 Å². The van der Waals surface area contributed by atoms with Crippen LogP contribution in [-0.4, -0.2) is 70.7 Å². The van der Waals surface area contributed by atoms with E-state index < -0.39 is 41.6 Å². The number of ether oxygens (including phenoxy) is 2. The fourth-order valence-corrected chi connectivity index (χ4v) is 3.77. The minimum Gasteiger partial charge on any atom is -0.507 e. The first-order valence-corrected chi connectivity index (χ1v) is 13.2. The second kappa shape index (κ2) is 15.0. The average molecular weight is 536 g/mol. The Morgan fingerprint density at radius 1 is 1.24 bits per heavy atom. The van der Waals surface area contributed by atoms with Crippen LogP contribution in [0.1, 0.15) is 57.7 Å². The maximum Gasteiger partial charge on any atom is 0.408 e. The number of hydrogen-bond acceptors (Lipinski definition) is 8. The van der Waals surface area contributed by atoms with Gasteiger partial charge in [0.1, 0.15) is 17.4 Å². The van der Waals surface area contributed by atoms with Gasteiger partial charge in [-0.1, -0.05) is 24.6 Å². The molecule has 0 radical (unpaired) electrons. The first-order chi connectivity index (χ1) is 17.4. The van der Waals surface area contributed by atoms with Gasteiger partial charge >= 0.3 is 12.1 Å². The van der Waals surface area contributed by atoms with Crippen LogP contribution in [-0.2, 0) is 23.9 Å². The van der Waals surface area contributed by atoms with E-state index in [2.05, 4.69) is 16.7 Å². The minimum absolute atomic E-state index is 0.0700. The van der Waals surface area contributed by atoms with Gasteiger partial charge in [0.2, 0.25) is 5.91 Å². The summed E-state index contributed by atoms with van der Waals surface area (Å²) in [6.45, 7) is 8.51. The molecule has 0 saturated heterocycles. The largest absolute Gasteiger partial charge is 0.507 e. The lowest BCUT2D eigenvalue weighted by Crippen LogP contribution is -2.51. The Morgan fingerprint density at radius 3 is 2.49 bits per heavy atom. The highest BCUT2D eigenvalue weighted by molar-refractivity contribution is 7.98. The lowest BCUT2D eigenvalue weighted by Gasteiger charge is -2.30. The van der Waals surface area contributed by atoms with E-state index >= 15 is 0 Å². The van der Waals surface area contributed by atoms with E-state index in [-0.39, 0.29) is 37.3 Å². The highest BCUT2D eigenvalue weighted by atomic mass is 32.2. The summed E-state index contributed by atoms with van der Waals surface area (Å²) in [4.78, 5) is 51.9. The number of alkyl carbamates (subject to hydrolysis) is 1. The maximum absolute atomic E-state index is 13.6. The molecule has 0 aromatic heterocycles. The van der Waals surface area contributed by atoms with Gasteiger partial charge in [-0.15, -0.1) is 0 Å². The highest BCUT2D eigenvalue weighted by Gasteiger charge is 2.37. The molecule has 2 atom stereocenters. The number of carbonyl (C=O) groups excluding carboxylic acids is 4. The number of nitrogens with one attached hydrogen (secondary N) is 2. The number of thioether (sulfide) groups is 1. The van der Waals surface area contributed by atoms with Crippen LogP contribution in [0.15, 0.2) is 18.2 Å². The van der Waals surface area contributed by atoms with Crippen molar-refractivity contribution in [2.24, 2.45) is 0 Å². The van der Waals surface area contributed by atoms with Gasteiger partial charge in [0.05, 0.1) is 13.0 Å². The number of aromatic hydroxyl groups is 1. The van der Waals surface area contributed by atoms with Crippen molar-refractivity contribution in [1.29, 1.82) is 0 Å². The number of esters is 1. The van der Waals surface area contributed by atoms with Gasteiger partial charge in [0, 0.05) is 18.2 Å². The van der Waals surface area contributed by atoms with Crippen molar-refractivity contribution >= 4 is 35.6 Å². The Labute approximate surface area is 222 Å². The molecule has 1 rings (SSSR count). The number of para-hydroxylation sites is 1. The van der Waals surface area contributed by atoms with Gasteiger partial charge < -0.3 is 25.2 Å². The van der Waals surface area contributed by atoms with E-state index in [4.69, 9.17) is 15.9 Å². The molecule has 0 aliphatic rings. The van der Waals surface area contributed by atoms with Gasteiger partial charge in [0.15, 0.2) is 6.04 Å². The topological polar surface area (TPSA) is 134 Å². The molecular weight excluding hydrogens is 498 g/mol. The van der Waals surface area contributed by atoms with Crippen molar-refractivity contribution in [2.45, 2.75) is 65.1 Å². The molecule has 1 aromatic carbocycles. The summed E-state index contributed by atoms with van der Waals surface area (Å²) in [5, 5.41) is 15.9. The summed E-state index contributed by atoms with van der Waals surface area (Å²) in [6, 6.07) is 4.45. The molecule has 3 amide bonds. The summed E-state index contributed by atoms with van der Waals surface area (Å²) in [7, 11) is 0. The van der Waals surface area contributed by atoms with Crippen LogP contribution in [0, 0.1) is 19.4 Å². The van der Waals surface area contributed by atoms with E-state index in [1.807, 2.05) is 6.26 Å². The second-order valence-electron chi connectivity index (χ2n) is 9.08. The van der Waals surface area contributed by atoms with Crippen LogP contribution in [0.25, 0.3) is 0 Å². The fourth-order valence-electron chi connectivity index (χ4n) is 3.29. The zero-order valence-electron chi connectivity index (χ0n) is 22.3. The smallest absolute Gasteiger partial charge is 0.408 e. The lowest BCUT2D eigenvalue weighted by molar-refractivity contribution is -0.143. The number of phenols is 1. The number of hydrogen-bond donors (Lipinski definition) is 3. The maximum atomic E-state index is 13.6. The number of rotatable bonds is 12. The third-order valence-corrected chi connectivity index (χ3v) is 5.62. The average Bonchev–Trinajstić information content (AvgIpc) is 2.80. The number of nitrogens with zero attached hydrogens (tertiary/aromatic N) is 1. The molecular formula is C26H37N3O7S. The van der Waals surface area contributed by atoms with Crippen molar-refractivity contribution in [2.75, 3.05) is 25.2 Å². The summed E-state index contributed by atoms with van der Waals surface area (Å²) in [6.07, 6.45) is 6.89. The summed E-state index contributed by atoms with van der Waals surface area (Å²) in [5.74, 6) is -1.63. The summed E-state index contributed by atoms with van der Waals surface area (Å²) >= 11 is 1.46. The summed E-state index contributed by atoms with van der Waals surface area (Å²) < 4.78 is 10.2. The van der Waals surface area contributed by atoms with Crippen molar-refractivity contribution in [3.05, 3.63) is 29.3 Å².